The van der Waals surface area contributed by atoms with Gasteiger partial charge in [-0.25, -0.2) is 9.97 Å². The Morgan fingerprint density at radius 3 is 2.61 bits per heavy atom. The quantitative estimate of drug-likeness (QED) is 0.489. The number of nitro groups is 1. The predicted molar refractivity (Wildman–Crippen MR) is 106 cm³/mol. The van der Waals surface area contributed by atoms with E-state index in [1.54, 1.807) is 6.07 Å². The zero-order chi connectivity index (χ0) is 19.5. The van der Waals surface area contributed by atoms with Crippen LogP contribution in [0.4, 0.5) is 11.5 Å². The lowest BCUT2D eigenvalue weighted by atomic mass is 10.2. The monoisotopic (exact) mass is 379 g/mol. The Hall–Kier alpha value is -3.29. The maximum Gasteiger partial charge on any atom is 0.373 e. The van der Waals surface area contributed by atoms with Crippen molar-refractivity contribution in [1.29, 1.82) is 0 Å². The third kappa shape index (κ3) is 3.58. The van der Waals surface area contributed by atoms with Crippen LogP contribution in [0.1, 0.15) is 31.4 Å². The number of rotatable bonds is 4. The summed E-state index contributed by atoms with van der Waals surface area (Å²) in [5.74, 6) is 0.696. The molecular formula is C20H21N5O3. The van der Waals surface area contributed by atoms with Gasteiger partial charge in [-0.3, -0.25) is 10.1 Å². The molecule has 144 valence electrons. The molecule has 8 nitrogen and oxygen atoms in total. The SMILES string of the molecule is Cc1ccc2cccc(Oc3ncnc(N4CCCCCC4)c3[N+](=O)[O-])c2n1. The molecule has 1 fully saturated rings. The van der Waals surface area contributed by atoms with Crippen molar-refractivity contribution in [3.05, 3.63) is 52.5 Å². The van der Waals surface area contributed by atoms with E-state index in [2.05, 4.69) is 15.0 Å². The second-order valence-electron chi connectivity index (χ2n) is 6.89. The molecule has 0 bridgehead atoms. The minimum atomic E-state index is -0.459. The van der Waals surface area contributed by atoms with Gasteiger partial charge in [-0.1, -0.05) is 31.0 Å². The number of hydrogen-bond acceptors (Lipinski definition) is 7. The first-order valence-corrected chi connectivity index (χ1v) is 9.42. The Kier molecular flexibility index (Phi) is 5.01. The van der Waals surface area contributed by atoms with Crippen molar-refractivity contribution < 1.29 is 9.66 Å². The molecule has 0 atom stereocenters. The standard InChI is InChI=1S/C20H21N5O3/c1-14-9-10-15-7-6-8-16(17(15)23-14)28-20-18(25(26)27)19(21-13-22-20)24-11-4-2-3-5-12-24/h6-10,13H,2-5,11-12H2,1H3. The van der Waals surface area contributed by atoms with Gasteiger partial charge in [-0.15, -0.1) is 0 Å². The number of aryl methyl sites for hydroxylation is 1. The van der Waals surface area contributed by atoms with Gasteiger partial charge in [0.1, 0.15) is 11.8 Å². The van der Waals surface area contributed by atoms with E-state index in [4.69, 9.17) is 4.74 Å². The van der Waals surface area contributed by atoms with Crippen molar-refractivity contribution in [3.63, 3.8) is 0 Å². The highest BCUT2D eigenvalue weighted by Crippen LogP contribution is 2.38. The van der Waals surface area contributed by atoms with Gasteiger partial charge < -0.3 is 9.64 Å². The molecular weight excluding hydrogens is 358 g/mol. The number of benzene rings is 1. The van der Waals surface area contributed by atoms with Crippen LogP contribution in [0.3, 0.4) is 0 Å². The highest BCUT2D eigenvalue weighted by molar-refractivity contribution is 5.85. The zero-order valence-electron chi connectivity index (χ0n) is 15.7. The number of aromatic nitrogens is 3. The Bertz CT molecular complexity index is 1020. The van der Waals surface area contributed by atoms with Crippen molar-refractivity contribution in [2.24, 2.45) is 0 Å². The van der Waals surface area contributed by atoms with Gasteiger partial charge in [0.2, 0.25) is 5.82 Å². The summed E-state index contributed by atoms with van der Waals surface area (Å²) in [7, 11) is 0. The van der Waals surface area contributed by atoms with Gasteiger partial charge in [0.15, 0.2) is 5.75 Å². The fraction of sp³-hybridized carbons (Fsp3) is 0.350. The summed E-state index contributed by atoms with van der Waals surface area (Å²) in [6, 6.07) is 9.35. The van der Waals surface area contributed by atoms with Gasteiger partial charge in [0.25, 0.3) is 0 Å². The normalized spacial score (nSPS) is 14.7. The fourth-order valence-electron chi connectivity index (χ4n) is 3.51. The van der Waals surface area contributed by atoms with Crippen LogP contribution in [0.2, 0.25) is 0 Å². The average molecular weight is 379 g/mol. The Morgan fingerprint density at radius 1 is 1.07 bits per heavy atom. The van der Waals surface area contributed by atoms with Crippen LogP contribution in [0.15, 0.2) is 36.7 Å². The van der Waals surface area contributed by atoms with E-state index >= 15 is 0 Å². The van der Waals surface area contributed by atoms with Gasteiger partial charge in [0.05, 0.1) is 4.92 Å². The number of pyridine rings is 1. The molecule has 3 aromatic rings. The van der Waals surface area contributed by atoms with Crippen molar-refractivity contribution in [2.45, 2.75) is 32.6 Å². The van der Waals surface area contributed by atoms with Crippen LogP contribution in [0.25, 0.3) is 10.9 Å². The fourth-order valence-corrected chi connectivity index (χ4v) is 3.51. The molecule has 0 N–H and O–H groups in total. The second kappa shape index (κ2) is 7.75. The first kappa shape index (κ1) is 18.1. The molecule has 1 aromatic carbocycles. The number of ether oxygens (including phenoxy) is 1. The maximum atomic E-state index is 11.9. The minimum Gasteiger partial charge on any atom is -0.431 e. The number of para-hydroxylation sites is 1. The molecule has 1 aliphatic rings. The third-order valence-electron chi connectivity index (χ3n) is 4.89. The lowest BCUT2D eigenvalue weighted by Gasteiger charge is -2.21. The predicted octanol–water partition coefficient (Wildman–Crippen LogP) is 4.41. The lowest BCUT2D eigenvalue weighted by Crippen LogP contribution is -2.26. The van der Waals surface area contributed by atoms with Crippen LogP contribution in [-0.2, 0) is 0 Å². The van der Waals surface area contributed by atoms with Crippen molar-refractivity contribution in [1.82, 2.24) is 15.0 Å². The Morgan fingerprint density at radius 2 is 1.86 bits per heavy atom. The Balaban J connectivity index is 1.77. The molecule has 4 rings (SSSR count). The topological polar surface area (TPSA) is 94.3 Å². The maximum absolute atomic E-state index is 11.9. The van der Waals surface area contributed by atoms with Crippen molar-refractivity contribution in [3.8, 4) is 11.6 Å². The highest BCUT2D eigenvalue weighted by atomic mass is 16.6. The van der Waals surface area contributed by atoms with E-state index in [1.807, 2.05) is 36.1 Å². The summed E-state index contributed by atoms with van der Waals surface area (Å²) in [4.78, 5) is 26.2. The third-order valence-corrected chi connectivity index (χ3v) is 4.89. The first-order valence-electron chi connectivity index (χ1n) is 9.42. The van der Waals surface area contributed by atoms with Crippen LogP contribution in [-0.4, -0.2) is 33.0 Å². The van der Waals surface area contributed by atoms with Crippen LogP contribution in [0, 0.1) is 17.0 Å². The van der Waals surface area contributed by atoms with Gasteiger partial charge in [-0.2, -0.15) is 4.98 Å². The summed E-state index contributed by atoms with van der Waals surface area (Å²) in [5, 5.41) is 12.8. The van der Waals surface area contributed by atoms with Crippen molar-refractivity contribution in [2.75, 3.05) is 18.0 Å². The largest absolute Gasteiger partial charge is 0.431 e. The molecule has 2 aromatic heterocycles. The summed E-state index contributed by atoms with van der Waals surface area (Å²) in [5.41, 5.74) is 1.28. The van der Waals surface area contributed by atoms with Crippen LogP contribution in [0.5, 0.6) is 11.6 Å². The molecule has 8 heteroatoms. The van der Waals surface area contributed by atoms with Gasteiger partial charge >= 0.3 is 11.6 Å². The van der Waals surface area contributed by atoms with Crippen LogP contribution < -0.4 is 9.64 Å². The van der Waals surface area contributed by atoms with Gasteiger partial charge in [-0.05, 0) is 31.9 Å². The smallest absolute Gasteiger partial charge is 0.373 e. The lowest BCUT2D eigenvalue weighted by molar-refractivity contribution is -0.385. The second-order valence-corrected chi connectivity index (χ2v) is 6.89. The van der Waals surface area contributed by atoms with E-state index in [1.165, 1.54) is 6.33 Å². The minimum absolute atomic E-state index is 0.0601. The summed E-state index contributed by atoms with van der Waals surface area (Å²) >= 11 is 0. The number of nitrogens with zero attached hydrogens (tertiary/aromatic N) is 5. The summed E-state index contributed by atoms with van der Waals surface area (Å²) in [6.45, 7) is 3.37. The van der Waals surface area contributed by atoms with Crippen molar-refractivity contribution >= 4 is 22.4 Å². The molecule has 0 spiro atoms. The zero-order valence-corrected chi connectivity index (χ0v) is 15.7. The summed E-state index contributed by atoms with van der Waals surface area (Å²) in [6.07, 6.45) is 5.56. The highest BCUT2D eigenvalue weighted by Gasteiger charge is 2.29. The molecule has 0 unspecified atom stereocenters. The molecule has 3 heterocycles. The molecule has 0 aliphatic carbocycles. The average Bonchev–Trinajstić information content (AvgIpc) is 2.97. The number of hydrogen-bond donors (Lipinski definition) is 0. The van der Waals surface area contributed by atoms with E-state index in [9.17, 15) is 10.1 Å². The molecule has 1 aliphatic heterocycles. The molecule has 0 radical (unpaired) electrons. The van der Waals surface area contributed by atoms with Crippen LogP contribution >= 0.6 is 0 Å². The molecule has 0 amide bonds. The molecule has 1 saturated heterocycles. The number of fused-ring (bicyclic) bond motifs is 1. The van der Waals surface area contributed by atoms with E-state index in [0.717, 1.165) is 49.9 Å². The van der Waals surface area contributed by atoms with E-state index < -0.39 is 4.92 Å². The number of anilines is 1. The Labute approximate surface area is 162 Å². The van der Waals surface area contributed by atoms with Gasteiger partial charge in [0, 0.05) is 24.2 Å². The van der Waals surface area contributed by atoms with E-state index in [0.29, 0.717) is 17.1 Å². The molecule has 28 heavy (non-hydrogen) atoms. The summed E-state index contributed by atoms with van der Waals surface area (Å²) < 4.78 is 5.92. The molecule has 0 saturated carbocycles. The first-order chi connectivity index (χ1) is 13.6. The van der Waals surface area contributed by atoms with E-state index in [-0.39, 0.29) is 11.6 Å².